The van der Waals surface area contributed by atoms with Crippen molar-refractivity contribution < 1.29 is 61.2 Å². The highest BCUT2D eigenvalue weighted by Crippen LogP contribution is 2.70. The van der Waals surface area contributed by atoms with E-state index in [0.29, 0.717) is 102 Å². The largest absolute Gasteiger partial charge is 0.382 e. The number of hydrogen-bond donors (Lipinski definition) is 4. The molecule has 2 aromatic heterocycles. The predicted octanol–water partition coefficient (Wildman–Crippen LogP) is 3.26. The summed E-state index contributed by atoms with van der Waals surface area (Å²) in [5.41, 5.74) is 2.46. The van der Waals surface area contributed by atoms with Crippen LogP contribution in [0.25, 0.3) is 0 Å². The van der Waals surface area contributed by atoms with Gasteiger partial charge in [0.05, 0.1) is 102 Å². The Hall–Kier alpha value is -6.46. The standard InChI is InChI=1S/C49H57F2N9O11/c1-48-25-36-34(24-38(48)49(48,50)51)42(57-56-36)45(64)54-32-26-53-59(29-32)43(30-6-3-2-4-7-30)31-27-58(28-31)40(62)12-14-67-16-18-69-20-22-71-23-21-70-19-17-68-15-13-52-35-9-5-8-33-41(35)47(66)60(46(33)65)37-10-11-39(61)55-44(37)63/h2-9,26,29,31,37-38,43,52H,10-25,27-28H2,1H3,(H,54,64)(H,56,57)(H,55,61,63)/t37?,38-,43+,48+/m0/s1. The Morgan fingerprint density at radius 2 is 1.54 bits per heavy atom. The zero-order valence-electron chi connectivity index (χ0n) is 39.3. The van der Waals surface area contributed by atoms with Gasteiger partial charge in [-0.1, -0.05) is 43.3 Å². The van der Waals surface area contributed by atoms with Gasteiger partial charge in [-0.05, 0) is 30.5 Å². The van der Waals surface area contributed by atoms with Gasteiger partial charge in [0.25, 0.3) is 23.6 Å². The molecule has 1 unspecified atom stereocenters. The summed E-state index contributed by atoms with van der Waals surface area (Å²) >= 11 is 0. The van der Waals surface area contributed by atoms with Crippen molar-refractivity contribution in [2.45, 2.75) is 57.0 Å². The Morgan fingerprint density at radius 3 is 2.23 bits per heavy atom. The number of amides is 6. The Morgan fingerprint density at radius 1 is 0.859 bits per heavy atom. The van der Waals surface area contributed by atoms with E-state index in [9.17, 15) is 37.5 Å². The van der Waals surface area contributed by atoms with Crippen LogP contribution in [0, 0.1) is 17.3 Å². The Labute approximate surface area is 407 Å². The molecular formula is C49H57F2N9O11. The number of anilines is 2. The summed E-state index contributed by atoms with van der Waals surface area (Å²) in [6, 6.07) is 13.5. The van der Waals surface area contributed by atoms with Crippen LogP contribution in [0.15, 0.2) is 60.9 Å². The van der Waals surface area contributed by atoms with E-state index in [1.807, 2.05) is 30.3 Å². The van der Waals surface area contributed by atoms with E-state index >= 15 is 0 Å². The van der Waals surface area contributed by atoms with Crippen molar-refractivity contribution in [3.63, 3.8) is 0 Å². The third-order valence-electron chi connectivity index (χ3n) is 14.0. The third-order valence-corrected chi connectivity index (χ3v) is 14.0. The van der Waals surface area contributed by atoms with Crippen molar-refractivity contribution in [1.29, 1.82) is 0 Å². The van der Waals surface area contributed by atoms with E-state index in [0.717, 1.165) is 10.5 Å². The number of alkyl halides is 2. The molecule has 5 heterocycles. The molecule has 4 aromatic rings. The first kappa shape index (κ1) is 49.5. The third kappa shape index (κ3) is 10.5. The van der Waals surface area contributed by atoms with Crippen molar-refractivity contribution in [1.82, 2.24) is 35.1 Å². The maximum atomic E-state index is 14.5. The number of halogens is 2. The fourth-order valence-electron chi connectivity index (χ4n) is 9.97. The number of nitrogens with one attached hydrogen (secondary N) is 4. The van der Waals surface area contributed by atoms with Gasteiger partial charge >= 0.3 is 0 Å². The number of fused-ring (bicyclic) bond motifs is 3. The molecule has 2 saturated heterocycles. The monoisotopic (exact) mass is 985 g/mol. The highest BCUT2D eigenvalue weighted by molar-refractivity contribution is 6.25. The lowest BCUT2D eigenvalue weighted by molar-refractivity contribution is -0.140. The summed E-state index contributed by atoms with van der Waals surface area (Å²) in [7, 11) is 0. The number of rotatable bonds is 25. The second kappa shape index (κ2) is 21.5. The van der Waals surface area contributed by atoms with Gasteiger partial charge in [0, 0.05) is 72.9 Å². The number of piperidine rings is 1. The van der Waals surface area contributed by atoms with Crippen molar-refractivity contribution in [3.8, 4) is 0 Å². The summed E-state index contributed by atoms with van der Waals surface area (Å²) < 4.78 is 58.7. The molecule has 1 saturated carbocycles. The van der Waals surface area contributed by atoms with Crippen LogP contribution in [-0.2, 0) is 50.9 Å². The second-order valence-electron chi connectivity index (χ2n) is 18.5. The van der Waals surface area contributed by atoms with Crippen molar-refractivity contribution in [3.05, 3.63) is 94.6 Å². The van der Waals surface area contributed by atoms with Crippen LogP contribution in [0.5, 0.6) is 0 Å². The quantitative estimate of drug-likeness (QED) is 0.0551. The average molecular weight is 986 g/mol. The molecule has 0 spiro atoms. The minimum atomic E-state index is -2.76. The molecule has 5 aliphatic rings. The summed E-state index contributed by atoms with van der Waals surface area (Å²) in [5, 5.41) is 19.8. The van der Waals surface area contributed by atoms with Crippen LogP contribution in [0.3, 0.4) is 0 Å². The van der Waals surface area contributed by atoms with Gasteiger partial charge in [-0.3, -0.25) is 48.8 Å². The maximum absolute atomic E-state index is 14.5. The number of likely N-dealkylation sites (tertiary alicyclic amines) is 1. The van der Waals surface area contributed by atoms with E-state index < -0.39 is 52.8 Å². The number of H-pyrrole nitrogens is 1. The van der Waals surface area contributed by atoms with Crippen LogP contribution in [-0.4, -0.2) is 163 Å². The van der Waals surface area contributed by atoms with Crippen molar-refractivity contribution in [2.24, 2.45) is 17.3 Å². The van der Waals surface area contributed by atoms with Crippen LogP contribution >= 0.6 is 0 Å². The number of hydrogen-bond acceptors (Lipinski definition) is 14. The van der Waals surface area contributed by atoms with Gasteiger partial charge in [-0.2, -0.15) is 10.2 Å². The molecule has 3 aliphatic heterocycles. The number of ether oxygens (including phenoxy) is 5. The Balaban J connectivity index is 0.590. The minimum Gasteiger partial charge on any atom is -0.382 e. The fourth-order valence-corrected chi connectivity index (χ4v) is 9.97. The number of carbonyl (C=O) groups excluding carboxylic acids is 6. The molecule has 2 aromatic carbocycles. The number of imide groups is 2. The molecule has 2 aliphatic carbocycles. The van der Waals surface area contributed by atoms with Crippen LogP contribution in [0.1, 0.15) is 80.3 Å². The van der Waals surface area contributed by atoms with Gasteiger partial charge in [-0.25, -0.2) is 8.78 Å². The molecule has 6 amide bonds. The lowest BCUT2D eigenvalue weighted by Crippen LogP contribution is -2.54. The summed E-state index contributed by atoms with van der Waals surface area (Å²) in [6.07, 6.45) is 3.91. The van der Waals surface area contributed by atoms with Crippen LogP contribution < -0.4 is 16.0 Å². The first-order valence-electron chi connectivity index (χ1n) is 23.9. The summed E-state index contributed by atoms with van der Waals surface area (Å²) in [4.78, 5) is 79.2. The molecular weight excluding hydrogens is 929 g/mol. The van der Waals surface area contributed by atoms with E-state index in [1.54, 1.807) is 47.1 Å². The van der Waals surface area contributed by atoms with Gasteiger partial charge in [-0.15, -0.1) is 0 Å². The molecule has 4 N–H and O–H groups in total. The van der Waals surface area contributed by atoms with E-state index in [2.05, 4.69) is 31.2 Å². The normalized spacial score (nSPS) is 21.6. The number of nitrogens with zero attached hydrogens (tertiary/aromatic N) is 5. The summed E-state index contributed by atoms with van der Waals surface area (Å²) in [6.45, 7) is 6.40. The fraction of sp³-hybridized carbons (Fsp3) is 0.510. The lowest BCUT2D eigenvalue weighted by Gasteiger charge is -2.43. The SMILES string of the molecule is C[C@@]12Cc3[nH]nc(C(=O)Nc4cnn([C@H](c5ccccc5)C5CN(C(=O)CCOCCOCCOCCOCCOCCNc6cccc7c6C(=O)N(C6CCC(=O)NC6=O)C7=O)C5)c4)c3C[C@@H]1C2(F)F. The number of aromatic amines is 1. The van der Waals surface area contributed by atoms with E-state index in [1.165, 1.54) is 0 Å². The molecule has 0 bridgehead atoms. The molecule has 0 radical (unpaired) electrons. The van der Waals surface area contributed by atoms with E-state index in [4.69, 9.17) is 23.7 Å². The Kier molecular flexibility index (Phi) is 15.0. The van der Waals surface area contributed by atoms with Gasteiger partial charge in [0.2, 0.25) is 17.7 Å². The predicted molar refractivity (Wildman–Crippen MR) is 248 cm³/mol. The molecule has 20 nitrogen and oxygen atoms in total. The molecule has 22 heteroatoms. The first-order valence-corrected chi connectivity index (χ1v) is 23.9. The highest BCUT2D eigenvalue weighted by Gasteiger charge is 2.78. The minimum absolute atomic E-state index is 0.0137. The number of benzene rings is 2. The van der Waals surface area contributed by atoms with E-state index in [-0.39, 0.29) is 73.4 Å². The van der Waals surface area contributed by atoms with Crippen molar-refractivity contribution >= 4 is 46.8 Å². The molecule has 378 valence electrons. The number of carbonyl (C=O) groups is 6. The van der Waals surface area contributed by atoms with Gasteiger partial charge in [0.15, 0.2) is 5.69 Å². The summed E-state index contributed by atoms with van der Waals surface area (Å²) in [5.74, 6) is -6.23. The molecule has 71 heavy (non-hydrogen) atoms. The number of aromatic nitrogens is 4. The molecule has 4 atom stereocenters. The molecule has 9 rings (SSSR count). The van der Waals surface area contributed by atoms with Crippen molar-refractivity contribution in [2.75, 3.05) is 96.3 Å². The van der Waals surface area contributed by atoms with Gasteiger partial charge < -0.3 is 39.2 Å². The Bertz CT molecular complexity index is 2620. The second-order valence-corrected chi connectivity index (χ2v) is 18.5. The van der Waals surface area contributed by atoms with Gasteiger partial charge in [0.1, 0.15) is 6.04 Å². The zero-order valence-corrected chi connectivity index (χ0v) is 39.3. The highest BCUT2D eigenvalue weighted by atomic mass is 19.3. The van der Waals surface area contributed by atoms with Crippen LogP contribution in [0.2, 0.25) is 0 Å². The molecule has 3 fully saturated rings. The lowest BCUT2D eigenvalue weighted by atomic mass is 9.86. The first-order chi connectivity index (χ1) is 34.4. The zero-order chi connectivity index (χ0) is 49.7. The maximum Gasteiger partial charge on any atom is 0.276 e. The van der Waals surface area contributed by atoms with Crippen LogP contribution in [0.4, 0.5) is 20.2 Å². The smallest absolute Gasteiger partial charge is 0.276 e. The topological polar surface area (TPSA) is 238 Å². The average Bonchev–Trinajstić information content (AvgIpc) is 3.86.